The molecule has 0 atom stereocenters. The zero-order valence-electron chi connectivity index (χ0n) is 14.6. The van der Waals surface area contributed by atoms with E-state index in [0.29, 0.717) is 28.9 Å². The number of rotatable bonds is 5. The summed E-state index contributed by atoms with van der Waals surface area (Å²) in [6, 6.07) is 13.8. The number of hydrogen-bond donors (Lipinski definition) is 1. The molecule has 0 aliphatic carbocycles. The number of aryl methyl sites for hydroxylation is 1. The average molecular weight is 353 g/mol. The predicted molar refractivity (Wildman–Crippen MR) is 99.8 cm³/mol. The van der Waals surface area contributed by atoms with Gasteiger partial charge in [-0.05, 0) is 31.2 Å². The molecule has 0 aliphatic rings. The smallest absolute Gasteiger partial charge is 0.331 e. The molecule has 0 fully saturated rings. The first kappa shape index (κ1) is 17.5. The lowest BCUT2D eigenvalue weighted by Gasteiger charge is -2.13. The first-order chi connectivity index (χ1) is 12.6. The first-order valence-electron chi connectivity index (χ1n) is 8.22. The molecule has 1 N–H and O–H groups in total. The van der Waals surface area contributed by atoms with E-state index in [1.807, 2.05) is 6.92 Å². The highest BCUT2D eigenvalue weighted by atomic mass is 16.5. The Balaban J connectivity index is 2.00. The topological polar surface area (TPSA) is 82.3 Å². The molecular formula is C19H19N3O4. The Hall–Kier alpha value is -3.35. The Labute approximate surface area is 149 Å². The molecule has 0 aliphatic heterocycles. The van der Waals surface area contributed by atoms with Crippen molar-refractivity contribution in [1.29, 1.82) is 0 Å². The van der Waals surface area contributed by atoms with Crippen molar-refractivity contribution in [3.05, 3.63) is 69.4 Å². The van der Waals surface area contributed by atoms with Gasteiger partial charge in [0.05, 0.1) is 23.7 Å². The van der Waals surface area contributed by atoms with Gasteiger partial charge in [-0.25, -0.2) is 4.79 Å². The highest BCUT2D eigenvalue weighted by Crippen LogP contribution is 2.22. The molecule has 7 heteroatoms. The van der Waals surface area contributed by atoms with Gasteiger partial charge in [0.15, 0.2) is 0 Å². The molecule has 1 aromatic heterocycles. The minimum Gasteiger partial charge on any atom is -0.495 e. The van der Waals surface area contributed by atoms with Crippen LogP contribution in [0, 0.1) is 0 Å². The van der Waals surface area contributed by atoms with E-state index in [2.05, 4.69) is 5.32 Å². The van der Waals surface area contributed by atoms with Crippen molar-refractivity contribution in [2.24, 2.45) is 0 Å². The Morgan fingerprint density at radius 3 is 2.46 bits per heavy atom. The molecule has 2 aromatic carbocycles. The van der Waals surface area contributed by atoms with Crippen molar-refractivity contribution < 1.29 is 9.53 Å². The molecule has 1 amide bonds. The van der Waals surface area contributed by atoms with Crippen molar-refractivity contribution in [2.75, 3.05) is 12.4 Å². The van der Waals surface area contributed by atoms with E-state index in [9.17, 15) is 14.4 Å². The summed E-state index contributed by atoms with van der Waals surface area (Å²) < 4.78 is 7.62. The van der Waals surface area contributed by atoms with Gasteiger partial charge in [-0.2, -0.15) is 0 Å². The Bertz CT molecular complexity index is 1080. The molecule has 3 aromatic rings. The predicted octanol–water partition coefficient (Wildman–Crippen LogP) is 1.83. The van der Waals surface area contributed by atoms with Crippen molar-refractivity contribution in [3.63, 3.8) is 0 Å². The fourth-order valence-corrected chi connectivity index (χ4v) is 2.90. The molecule has 0 unspecified atom stereocenters. The minimum absolute atomic E-state index is 0.374. The number of carbonyl (C=O) groups excluding carboxylic acids is 1. The van der Waals surface area contributed by atoms with Crippen molar-refractivity contribution in [3.8, 4) is 5.75 Å². The average Bonchev–Trinajstić information content (AvgIpc) is 2.66. The lowest BCUT2D eigenvalue weighted by molar-refractivity contribution is -0.116. The van der Waals surface area contributed by atoms with Gasteiger partial charge in [0.25, 0.3) is 5.56 Å². The van der Waals surface area contributed by atoms with E-state index in [0.717, 1.165) is 4.57 Å². The summed E-state index contributed by atoms with van der Waals surface area (Å²) in [5.41, 5.74) is 0.0490. The van der Waals surface area contributed by atoms with E-state index in [4.69, 9.17) is 4.74 Å². The van der Waals surface area contributed by atoms with Gasteiger partial charge in [-0.1, -0.05) is 24.3 Å². The summed E-state index contributed by atoms with van der Waals surface area (Å²) in [5.74, 6) is 0.0179. The van der Waals surface area contributed by atoms with E-state index in [-0.39, 0.29) is 6.54 Å². The molecule has 26 heavy (non-hydrogen) atoms. The van der Waals surface area contributed by atoms with Gasteiger partial charge >= 0.3 is 5.69 Å². The van der Waals surface area contributed by atoms with Gasteiger partial charge in [0.2, 0.25) is 5.91 Å². The van der Waals surface area contributed by atoms with Crippen molar-refractivity contribution in [1.82, 2.24) is 9.13 Å². The number of para-hydroxylation sites is 3. The van der Waals surface area contributed by atoms with E-state index >= 15 is 0 Å². The zero-order chi connectivity index (χ0) is 18.7. The van der Waals surface area contributed by atoms with Crippen LogP contribution in [0.3, 0.4) is 0 Å². The van der Waals surface area contributed by atoms with Crippen LogP contribution in [0.2, 0.25) is 0 Å². The molecule has 0 spiro atoms. The second-order valence-electron chi connectivity index (χ2n) is 5.68. The summed E-state index contributed by atoms with van der Waals surface area (Å²) in [6.07, 6.45) is 0. The summed E-state index contributed by atoms with van der Waals surface area (Å²) >= 11 is 0. The number of nitrogens with one attached hydrogen (secondary N) is 1. The number of methoxy groups -OCH3 is 1. The summed E-state index contributed by atoms with van der Waals surface area (Å²) in [7, 11) is 1.50. The molecule has 0 bridgehead atoms. The quantitative estimate of drug-likeness (QED) is 0.759. The summed E-state index contributed by atoms with van der Waals surface area (Å²) in [6.45, 7) is 1.84. The molecule has 1 heterocycles. The van der Waals surface area contributed by atoms with Crippen LogP contribution in [0.5, 0.6) is 5.75 Å². The maximum absolute atomic E-state index is 12.7. The number of anilines is 1. The largest absolute Gasteiger partial charge is 0.495 e. The van der Waals surface area contributed by atoms with Crippen molar-refractivity contribution >= 4 is 22.5 Å². The van der Waals surface area contributed by atoms with Crippen LogP contribution in [-0.4, -0.2) is 22.2 Å². The maximum Gasteiger partial charge on any atom is 0.331 e. The third kappa shape index (κ3) is 3.11. The van der Waals surface area contributed by atoms with Crippen LogP contribution in [0.1, 0.15) is 6.92 Å². The number of aromatic nitrogens is 2. The lowest BCUT2D eigenvalue weighted by Crippen LogP contribution is -2.42. The van der Waals surface area contributed by atoms with Crippen LogP contribution < -0.4 is 21.3 Å². The fraction of sp³-hybridized carbons (Fsp3) is 0.211. The monoisotopic (exact) mass is 353 g/mol. The molecular weight excluding hydrogens is 334 g/mol. The normalized spacial score (nSPS) is 10.7. The SMILES string of the molecule is CCn1c(=O)n(CC(=O)Nc2ccccc2OC)c(=O)c2ccccc21. The highest BCUT2D eigenvalue weighted by molar-refractivity contribution is 5.92. The van der Waals surface area contributed by atoms with Gasteiger partial charge < -0.3 is 10.1 Å². The molecule has 7 nitrogen and oxygen atoms in total. The van der Waals surface area contributed by atoms with Crippen molar-refractivity contribution in [2.45, 2.75) is 20.0 Å². The minimum atomic E-state index is -0.508. The van der Waals surface area contributed by atoms with Crippen LogP contribution in [-0.2, 0) is 17.9 Å². The molecule has 0 radical (unpaired) electrons. The van der Waals surface area contributed by atoms with Crippen LogP contribution in [0.25, 0.3) is 10.9 Å². The summed E-state index contributed by atoms with van der Waals surface area (Å²) in [5, 5.41) is 3.08. The third-order valence-corrected chi connectivity index (χ3v) is 4.13. The highest BCUT2D eigenvalue weighted by Gasteiger charge is 2.15. The molecule has 3 rings (SSSR count). The van der Waals surface area contributed by atoms with Gasteiger partial charge in [-0.15, -0.1) is 0 Å². The van der Waals surface area contributed by atoms with E-state index in [1.54, 1.807) is 48.5 Å². The molecule has 0 saturated carbocycles. The zero-order valence-corrected chi connectivity index (χ0v) is 14.6. The number of carbonyl (C=O) groups is 1. The number of benzene rings is 2. The fourth-order valence-electron chi connectivity index (χ4n) is 2.90. The Morgan fingerprint density at radius 2 is 1.73 bits per heavy atom. The standard InChI is InChI=1S/C19H19N3O4/c1-3-21-15-10-6-4-8-13(15)18(24)22(19(21)25)12-17(23)20-14-9-5-7-11-16(14)26-2/h4-11H,3,12H2,1-2H3,(H,20,23). The van der Waals surface area contributed by atoms with Crippen LogP contribution in [0.4, 0.5) is 5.69 Å². The summed E-state index contributed by atoms with van der Waals surface area (Å²) in [4.78, 5) is 37.8. The van der Waals surface area contributed by atoms with Gasteiger partial charge in [0.1, 0.15) is 12.3 Å². The van der Waals surface area contributed by atoms with Crippen LogP contribution in [0.15, 0.2) is 58.1 Å². The third-order valence-electron chi connectivity index (χ3n) is 4.13. The molecule has 0 saturated heterocycles. The number of amides is 1. The first-order valence-corrected chi connectivity index (χ1v) is 8.22. The van der Waals surface area contributed by atoms with E-state index in [1.165, 1.54) is 11.7 Å². The van der Waals surface area contributed by atoms with Crippen LogP contribution >= 0.6 is 0 Å². The number of fused-ring (bicyclic) bond motifs is 1. The second kappa shape index (κ2) is 7.26. The molecule has 134 valence electrons. The maximum atomic E-state index is 12.7. The second-order valence-corrected chi connectivity index (χ2v) is 5.68. The lowest BCUT2D eigenvalue weighted by atomic mass is 10.2. The number of ether oxygens (including phenoxy) is 1. The Morgan fingerprint density at radius 1 is 1.04 bits per heavy atom. The van der Waals surface area contributed by atoms with Gasteiger partial charge in [0, 0.05) is 6.54 Å². The van der Waals surface area contributed by atoms with Gasteiger partial charge in [-0.3, -0.25) is 18.7 Å². The number of nitrogens with zero attached hydrogens (tertiary/aromatic N) is 2. The Kier molecular flexibility index (Phi) is 4.88. The number of hydrogen-bond acceptors (Lipinski definition) is 4. The van der Waals surface area contributed by atoms with E-state index < -0.39 is 17.2 Å².